The Balaban J connectivity index is 2.66. The number of carboxylic acid groups (broad SMARTS) is 1. The molecule has 0 atom stereocenters. The molecule has 0 aromatic heterocycles. The molecule has 1 rings (SSSR count). The molecule has 3 N–H and O–H groups in total. The van der Waals surface area contributed by atoms with Gasteiger partial charge in [0.1, 0.15) is 5.70 Å². The summed E-state index contributed by atoms with van der Waals surface area (Å²) in [5.74, 6) is -1.37. The average Bonchev–Trinajstić information content (AvgIpc) is 2.08. The van der Waals surface area contributed by atoms with Crippen molar-refractivity contribution in [2.75, 3.05) is 13.2 Å². The Morgan fingerprint density at radius 1 is 1.69 bits per heavy atom. The molecule has 13 heavy (non-hydrogen) atoms. The molecular formula is C7H10N2O4. The number of rotatable bonds is 3. The number of aliphatic hydroxyl groups excluding tert-OH is 1. The Morgan fingerprint density at radius 2 is 2.38 bits per heavy atom. The van der Waals surface area contributed by atoms with Crippen LogP contribution in [0.15, 0.2) is 11.8 Å². The number of hydrogen-bond donors (Lipinski definition) is 3. The van der Waals surface area contributed by atoms with Gasteiger partial charge in [-0.25, -0.2) is 4.79 Å². The maximum absolute atomic E-state index is 11.1. The van der Waals surface area contributed by atoms with Crippen LogP contribution in [-0.2, 0) is 9.59 Å². The van der Waals surface area contributed by atoms with Crippen LogP contribution in [0.2, 0.25) is 0 Å². The van der Waals surface area contributed by atoms with E-state index in [1.54, 1.807) is 0 Å². The van der Waals surface area contributed by atoms with Crippen LogP contribution in [-0.4, -0.2) is 40.3 Å². The quantitative estimate of drug-likeness (QED) is 0.509. The summed E-state index contributed by atoms with van der Waals surface area (Å²) in [5.41, 5.74) is 2.35. The van der Waals surface area contributed by atoms with E-state index in [0.29, 0.717) is 0 Å². The lowest BCUT2D eigenvalue weighted by atomic mass is 10.2. The van der Waals surface area contributed by atoms with E-state index in [-0.39, 0.29) is 31.2 Å². The Labute approximate surface area is 74.4 Å². The second-order valence-electron chi connectivity index (χ2n) is 2.51. The average molecular weight is 186 g/mol. The molecule has 0 spiro atoms. The summed E-state index contributed by atoms with van der Waals surface area (Å²) in [4.78, 5) is 21.5. The summed E-state index contributed by atoms with van der Waals surface area (Å²) in [6.45, 7) is -0.116. The highest BCUT2D eigenvalue weighted by Gasteiger charge is 2.21. The fraction of sp³-hybridized carbons (Fsp3) is 0.429. The highest BCUT2D eigenvalue weighted by molar-refractivity contribution is 5.90. The lowest BCUT2D eigenvalue weighted by molar-refractivity contribution is -0.138. The monoisotopic (exact) mass is 186 g/mol. The van der Waals surface area contributed by atoms with E-state index in [1.807, 2.05) is 0 Å². The van der Waals surface area contributed by atoms with Crippen molar-refractivity contribution in [1.29, 1.82) is 0 Å². The molecular weight excluding hydrogens is 176 g/mol. The molecule has 0 radical (unpaired) electrons. The van der Waals surface area contributed by atoms with Gasteiger partial charge in [-0.3, -0.25) is 15.2 Å². The number of amides is 1. The summed E-state index contributed by atoms with van der Waals surface area (Å²) < 4.78 is 0. The molecule has 0 saturated heterocycles. The molecule has 0 aliphatic carbocycles. The van der Waals surface area contributed by atoms with Gasteiger partial charge in [0.25, 0.3) is 0 Å². The van der Waals surface area contributed by atoms with Crippen LogP contribution in [0.5, 0.6) is 0 Å². The first kappa shape index (κ1) is 9.53. The lowest BCUT2D eigenvalue weighted by Crippen LogP contribution is -2.47. The first-order chi connectivity index (χ1) is 6.15. The van der Waals surface area contributed by atoms with Crippen LogP contribution in [0.3, 0.4) is 0 Å². The lowest BCUT2D eigenvalue weighted by Gasteiger charge is -2.26. The standard InChI is InChI=1S/C7H10N2O4/c10-4-3-9-6(11)2-1-5(8-9)7(12)13/h1,8,10H,2-4H2,(H,12,13). The summed E-state index contributed by atoms with van der Waals surface area (Å²) >= 11 is 0. The van der Waals surface area contributed by atoms with Crippen LogP contribution >= 0.6 is 0 Å². The van der Waals surface area contributed by atoms with Gasteiger partial charge in [-0.1, -0.05) is 0 Å². The molecule has 1 aliphatic rings. The van der Waals surface area contributed by atoms with Gasteiger partial charge in [0.15, 0.2) is 0 Å². The number of nitrogens with one attached hydrogen (secondary N) is 1. The highest BCUT2D eigenvalue weighted by atomic mass is 16.4. The predicted molar refractivity (Wildman–Crippen MR) is 42.3 cm³/mol. The fourth-order valence-corrected chi connectivity index (χ4v) is 0.969. The number of carboxylic acids is 1. The minimum Gasteiger partial charge on any atom is -0.477 e. The maximum atomic E-state index is 11.1. The van der Waals surface area contributed by atoms with Crippen LogP contribution in [0.25, 0.3) is 0 Å². The minimum absolute atomic E-state index is 0.0342. The van der Waals surface area contributed by atoms with Crippen molar-refractivity contribution in [3.8, 4) is 0 Å². The summed E-state index contributed by atoms with van der Waals surface area (Å²) in [7, 11) is 0. The summed E-state index contributed by atoms with van der Waals surface area (Å²) in [6, 6.07) is 0. The van der Waals surface area contributed by atoms with Gasteiger partial charge >= 0.3 is 5.97 Å². The second-order valence-corrected chi connectivity index (χ2v) is 2.51. The molecule has 1 heterocycles. The molecule has 0 unspecified atom stereocenters. The molecule has 6 nitrogen and oxygen atoms in total. The van der Waals surface area contributed by atoms with Gasteiger partial charge in [-0.05, 0) is 6.08 Å². The van der Waals surface area contributed by atoms with E-state index in [2.05, 4.69) is 5.43 Å². The van der Waals surface area contributed by atoms with Crippen LogP contribution in [0.1, 0.15) is 6.42 Å². The second kappa shape index (κ2) is 3.90. The maximum Gasteiger partial charge on any atom is 0.353 e. The zero-order valence-electron chi connectivity index (χ0n) is 6.86. The van der Waals surface area contributed by atoms with Crippen LogP contribution in [0, 0.1) is 0 Å². The minimum atomic E-state index is -1.12. The molecule has 6 heteroatoms. The van der Waals surface area contributed by atoms with Crippen molar-refractivity contribution in [3.05, 3.63) is 11.8 Å². The Hall–Kier alpha value is -1.56. The third kappa shape index (κ3) is 2.19. The van der Waals surface area contributed by atoms with Crippen molar-refractivity contribution >= 4 is 11.9 Å². The van der Waals surface area contributed by atoms with Crippen LogP contribution in [0.4, 0.5) is 0 Å². The van der Waals surface area contributed by atoms with E-state index in [9.17, 15) is 9.59 Å². The van der Waals surface area contributed by atoms with E-state index < -0.39 is 5.97 Å². The summed E-state index contributed by atoms with van der Waals surface area (Å²) in [6.07, 6.45) is 1.35. The Bertz CT molecular complexity index is 261. The van der Waals surface area contributed by atoms with E-state index >= 15 is 0 Å². The van der Waals surface area contributed by atoms with E-state index in [4.69, 9.17) is 10.2 Å². The number of carbonyl (C=O) groups is 2. The number of aliphatic hydroxyl groups is 1. The fourth-order valence-electron chi connectivity index (χ4n) is 0.969. The Kier molecular flexibility index (Phi) is 2.86. The van der Waals surface area contributed by atoms with Crippen molar-refractivity contribution in [2.45, 2.75) is 6.42 Å². The normalized spacial score (nSPS) is 16.5. The van der Waals surface area contributed by atoms with Gasteiger partial charge in [-0.2, -0.15) is 0 Å². The highest BCUT2D eigenvalue weighted by Crippen LogP contribution is 2.04. The van der Waals surface area contributed by atoms with Gasteiger partial charge in [0, 0.05) is 6.42 Å². The molecule has 0 aromatic carbocycles. The largest absolute Gasteiger partial charge is 0.477 e. The zero-order valence-corrected chi connectivity index (χ0v) is 6.86. The first-order valence-corrected chi connectivity index (χ1v) is 3.76. The van der Waals surface area contributed by atoms with E-state index in [1.165, 1.54) is 6.08 Å². The third-order valence-electron chi connectivity index (χ3n) is 1.59. The van der Waals surface area contributed by atoms with E-state index in [0.717, 1.165) is 5.01 Å². The van der Waals surface area contributed by atoms with Crippen LogP contribution < -0.4 is 5.43 Å². The van der Waals surface area contributed by atoms with Crippen molar-refractivity contribution in [2.24, 2.45) is 0 Å². The van der Waals surface area contributed by atoms with Gasteiger partial charge < -0.3 is 10.2 Å². The predicted octanol–water partition coefficient (Wildman–Crippen LogP) is -1.32. The first-order valence-electron chi connectivity index (χ1n) is 3.76. The third-order valence-corrected chi connectivity index (χ3v) is 1.59. The number of aliphatic carboxylic acids is 1. The smallest absolute Gasteiger partial charge is 0.353 e. The number of hydrogen-bond acceptors (Lipinski definition) is 4. The molecule has 1 aliphatic heterocycles. The molecule has 0 aromatic rings. The van der Waals surface area contributed by atoms with Gasteiger partial charge in [0.05, 0.1) is 13.2 Å². The van der Waals surface area contributed by atoms with Gasteiger partial charge in [-0.15, -0.1) is 0 Å². The molecule has 0 fully saturated rings. The topological polar surface area (TPSA) is 89.9 Å². The molecule has 0 bridgehead atoms. The summed E-state index contributed by atoms with van der Waals surface area (Å²) in [5, 5.41) is 18.2. The number of β-amino-alcohol motifs (C(OH)–C–C–N with tert-alkyl or cyclic N) is 1. The zero-order chi connectivity index (χ0) is 9.84. The molecule has 0 saturated carbocycles. The van der Waals surface area contributed by atoms with Gasteiger partial charge in [0.2, 0.25) is 5.91 Å². The van der Waals surface area contributed by atoms with Crippen molar-refractivity contribution < 1.29 is 19.8 Å². The number of carbonyl (C=O) groups excluding carboxylic acids is 1. The number of nitrogens with zero attached hydrogens (tertiary/aromatic N) is 1. The SMILES string of the molecule is O=C(O)C1=CCC(=O)N(CCO)N1. The molecule has 1 amide bonds. The Morgan fingerprint density at radius 3 is 2.92 bits per heavy atom. The van der Waals surface area contributed by atoms with Crippen molar-refractivity contribution in [3.63, 3.8) is 0 Å². The number of hydrazine groups is 1. The van der Waals surface area contributed by atoms with Crippen molar-refractivity contribution in [1.82, 2.24) is 10.4 Å². The molecule has 72 valence electrons.